The van der Waals surface area contributed by atoms with Gasteiger partial charge in [-0.2, -0.15) is 0 Å². The van der Waals surface area contributed by atoms with E-state index in [9.17, 15) is 14.0 Å². The predicted octanol–water partition coefficient (Wildman–Crippen LogP) is 2.17. The average Bonchev–Trinajstić information content (AvgIpc) is 3.13. The summed E-state index contributed by atoms with van der Waals surface area (Å²) in [5, 5.41) is 7.84. The lowest BCUT2D eigenvalue weighted by molar-refractivity contribution is -0.140. The van der Waals surface area contributed by atoms with E-state index < -0.39 is 11.8 Å². The van der Waals surface area contributed by atoms with Gasteiger partial charge in [-0.05, 0) is 24.6 Å². The van der Waals surface area contributed by atoms with Crippen molar-refractivity contribution in [1.82, 2.24) is 4.98 Å². The zero-order chi connectivity index (χ0) is 20.0. The Bertz CT molecular complexity index is 855. The number of halogens is 1. The summed E-state index contributed by atoms with van der Waals surface area (Å²) >= 11 is 1.09. The molecule has 0 aliphatic carbocycles. The van der Waals surface area contributed by atoms with Crippen LogP contribution in [0.1, 0.15) is 28.1 Å². The van der Waals surface area contributed by atoms with E-state index in [0.29, 0.717) is 18.1 Å². The summed E-state index contributed by atoms with van der Waals surface area (Å²) in [6, 6.07) is 3.66. The van der Waals surface area contributed by atoms with Crippen molar-refractivity contribution in [3.8, 4) is 5.75 Å². The molecule has 3 N–H and O–H groups in total. The second-order valence-electron chi connectivity index (χ2n) is 5.56. The number of nitrogens with zero attached hydrogens (tertiary/aromatic N) is 2. The molecule has 0 amide bonds. The number of methoxy groups -OCH3 is 1. The van der Waals surface area contributed by atoms with Crippen molar-refractivity contribution >= 4 is 34.2 Å². The Morgan fingerprint density at radius 2 is 2.15 bits per heavy atom. The number of ether oxygens (including phenoxy) is 2. The Hall–Kier alpha value is -3.01. The number of esters is 2. The van der Waals surface area contributed by atoms with Crippen LogP contribution >= 0.6 is 11.3 Å². The first kappa shape index (κ1) is 20.3. The summed E-state index contributed by atoms with van der Waals surface area (Å²) in [6.45, 7) is 0.554. The Morgan fingerprint density at radius 3 is 2.78 bits per heavy atom. The molecule has 1 aromatic heterocycles. The highest BCUT2D eigenvalue weighted by Crippen LogP contribution is 2.25. The third-order valence-corrected chi connectivity index (χ3v) is 4.66. The normalized spacial score (nSPS) is 10.3. The molecule has 1 aromatic carbocycles. The van der Waals surface area contributed by atoms with Crippen molar-refractivity contribution in [1.29, 1.82) is 5.41 Å². The quantitative estimate of drug-likeness (QED) is 0.305. The number of aromatic nitrogens is 1. The molecule has 0 saturated carbocycles. The maximum Gasteiger partial charge on any atom is 0.355 e. The van der Waals surface area contributed by atoms with Gasteiger partial charge in [-0.25, -0.2) is 14.2 Å². The van der Waals surface area contributed by atoms with Crippen molar-refractivity contribution in [3.63, 3.8) is 0 Å². The van der Waals surface area contributed by atoms with Gasteiger partial charge in [0.05, 0.1) is 13.3 Å². The predicted molar refractivity (Wildman–Crippen MR) is 99.0 cm³/mol. The van der Waals surface area contributed by atoms with Crippen LogP contribution in [0.25, 0.3) is 0 Å². The first-order chi connectivity index (χ1) is 12.8. The third kappa shape index (κ3) is 5.48. The number of carbonyl (C=O) groups excluding carboxylic acids is 2. The molecule has 0 radical (unpaired) electrons. The van der Waals surface area contributed by atoms with E-state index in [2.05, 4.69) is 9.72 Å². The van der Waals surface area contributed by atoms with Crippen LogP contribution in [0.5, 0.6) is 5.75 Å². The molecule has 144 valence electrons. The standard InChI is InChI=1S/C17H19FN4O4S/c1-22(7-3-4-14(23)25-2)17-21-9-13(27-17)16(24)26-12-6-5-10(15(19)20)8-11(12)18/h5-6,8-9H,3-4,7H2,1-2H3,(H3,19,20). The Labute approximate surface area is 159 Å². The minimum Gasteiger partial charge on any atom is -0.469 e. The number of carbonyl (C=O) groups is 2. The smallest absolute Gasteiger partial charge is 0.355 e. The number of hydrogen-bond donors (Lipinski definition) is 2. The van der Waals surface area contributed by atoms with Gasteiger partial charge in [-0.3, -0.25) is 10.2 Å². The summed E-state index contributed by atoms with van der Waals surface area (Å²) in [6.07, 6.45) is 2.22. The molecule has 2 rings (SSSR count). The second-order valence-corrected chi connectivity index (χ2v) is 6.57. The van der Waals surface area contributed by atoms with Crippen LogP contribution in [-0.4, -0.2) is 43.5 Å². The minimum absolute atomic E-state index is 0.195. The van der Waals surface area contributed by atoms with E-state index in [1.807, 2.05) is 0 Å². The molecule has 0 saturated heterocycles. The molecule has 0 bridgehead atoms. The first-order valence-corrected chi connectivity index (χ1v) is 8.73. The van der Waals surface area contributed by atoms with Gasteiger partial charge in [-0.1, -0.05) is 11.3 Å². The van der Waals surface area contributed by atoms with E-state index in [-0.39, 0.29) is 34.4 Å². The molecule has 0 aliphatic rings. The number of nitrogens with one attached hydrogen (secondary N) is 1. The van der Waals surface area contributed by atoms with Crippen LogP contribution in [0.3, 0.4) is 0 Å². The molecule has 27 heavy (non-hydrogen) atoms. The number of nitrogens with two attached hydrogens (primary N) is 1. The van der Waals surface area contributed by atoms with E-state index in [1.165, 1.54) is 25.4 Å². The number of anilines is 1. The zero-order valence-corrected chi connectivity index (χ0v) is 15.6. The summed E-state index contributed by atoms with van der Waals surface area (Å²) in [5.74, 6) is -2.36. The fourth-order valence-corrected chi connectivity index (χ4v) is 2.87. The van der Waals surface area contributed by atoms with Gasteiger partial charge in [0.15, 0.2) is 16.7 Å². The average molecular weight is 394 g/mol. The number of amidine groups is 1. The van der Waals surface area contributed by atoms with Crippen LogP contribution in [0, 0.1) is 11.2 Å². The molecule has 0 unspecified atom stereocenters. The molecular formula is C17H19FN4O4S. The van der Waals surface area contributed by atoms with Crippen LogP contribution in [0.15, 0.2) is 24.4 Å². The van der Waals surface area contributed by atoms with Gasteiger partial charge in [0.2, 0.25) is 0 Å². The van der Waals surface area contributed by atoms with Crippen molar-refractivity contribution in [2.45, 2.75) is 12.8 Å². The van der Waals surface area contributed by atoms with Crippen molar-refractivity contribution in [2.24, 2.45) is 5.73 Å². The third-order valence-electron chi connectivity index (χ3n) is 3.57. The van der Waals surface area contributed by atoms with Gasteiger partial charge in [0.25, 0.3) is 0 Å². The van der Waals surface area contributed by atoms with E-state index in [4.69, 9.17) is 15.9 Å². The summed E-state index contributed by atoms with van der Waals surface area (Å²) in [7, 11) is 3.12. The molecule has 0 fully saturated rings. The Balaban J connectivity index is 1.98. The highest BCUT2D eigenvalue weighted by atomic mass is 32.1. The fourth-order valence-electron chi connectivity index (χ4n) is 2.10. The highest BCUT2D eigenvalue weighted by molar-refractivity contribution is 7.17. The molecule has 1 heterocycles. The zero-order valence-electron chi connectivity index (χ0n) is 14.8. The van der Waals surface area contributed by atoms with Crippen molar-refractivity contribution in [2.75, 3.05) is 25.6 Å². The molecular weight excluding hydrogens is 375 g/mol. The topological polar surface area (TPSA) is 119 Å². The fraction of sp³-hybridized carbons (Fsp3) is 0.294. The summed E-state index contributed by atoms with van der Waals surface area (Å²) in [5.41, 5.74) is 5.48. The van der Waals surface area contributed by atoms with Crippen LogP contribution in [-0.2, 0) is 9.53 Å². The van der Waals surface area contributed by atoms with E-state index in [0.717, 1.165) is 17.4 Å². The number of rotatable bonds is 8. The molecule has 8 nitrogen and oxygen atoms in total. The molecule has 0 atom stereocenters. The van der Waals surface area contributed by atoms with E-state index in [1.54, 1.807) is 11.9 Å². The first-order valence-electron chi connectivity index (χ1n) is 7.91. The minimum atomic E-state index is -0.791. The van der Waals surface area contributed by atoms with E-state index >= 15 is 0 Å². The Kier molecular flexibility index (Phi) is 6.83. The monoisotopic (exact) mass is 394 g/mol. The number of hydrogen-bond acceptors (Lipinski definition) is 8. The molecule has 0 aliphatic heterocycles. The SMILES string of the molecule is COC(=O)CCCN(C)c1ncc(C(=O)Oc2ccc(C(=N)N)cc2F)s1. The molecule has 10 heteroatoms. The number of nitrogen functional groups attached to an aromatic ring is 1. The summed E-state index contributed by atoms with van der Waals surface area (Å²) in [4.78, 5) is 29.5. The van der Waals surface area contributed by atoms with Gasteiger partial charge in [0.1, 0.15) is 10.7 Å². The lowest BCUT2D eigenvalue weighted by Crippen LogP contribution is -2.19. The molecule has 2 aromatic rings. The van der Waals surface area contributed by atoms with Gasteiger partial charge >= 0.3 is 11.9 Å². The highest BCUT2D eigenvalue weighted by Gasteiger charge is 2.17. The van der Waals surface area contributed by atoms with Crippen molar-refractivity contribution in [3.05, 3.63) is 40.7 Å². The molecule has 0 spiro atoms. The van der Waals surface area contributed by atoms with Crippen LogP contribution in [0.4, 0.5) is 9.52 Å². The maximum atomic E-state index is 14.0. The van der Waals surface area contributed by atoms with Gasteiger partial charge < -0.3 is 20.1 Å². The Morgan fingerprint density at radius 1 is 1.41 bits per heavy atom. The number of benzene rings is 1. The summed E-state index contributed by atoms with van der Waals surface area (Å²) < 4.78 is 23.6. The van der Waals surface area contributed by atoms with Crippen molar-refractivity contribution < 1.29 is 23.5 Å². The van der Waals surface area contributed by atoms with Crippen LogP contribution < -0.4 is 15.4 Å². The second kappa shape index (κ2) is 9.08. The maximum absolute atomic E-state index is 14.0. The van der Waals surface area contributed by atoms with Crippen LogP contribution in [0.2, 0.25) is 0 Å². The largest absolute Gasteiger partial charge is 0.469 e. The lowest BCUT2D eigenvalue weighted by atomic mass is 10.2. The lowest BCUT2D eigenvalue weighted by Gasteiger charge is -2.14. The number of thiazole rings is 1. The van der Waals surface area contributed by atoms with Gasteiger partial charge in [-0.15, -0.1) is 0 Å². The van der Waals surface area contributed by atoms with Gasteiger partial charge in [0, 0.05) is 25.6 Å².